The molecule has 0 saturated carbocycles. The summed E-state index contributed by atoms with van der Waals surface area (Å²) in [7, 11) is 3.33. The van der Waals surface area contributed by atoms with E-state index in [0.29, 0.717) is 11.3 Å². The molecule has 0 bridgehead atoms. The van der Waals surface area contributed by atoms with Gasteiger partial charge in [0.25, 0.3) is 0 Å². The Morgan fingerprint density at radius 1 is 1.26 bits per heavy atom. The van der Waals surface area contributed by atoms with Crippen LogP contribution in [0.1, 0.15) is 22.9 Å². The molecule has 0 spiro atoms. The smallest absolute Gasteiger partial charge is 0.132 e. The van der Waals surface area contributed by atoms with E-state index in [0.717, 1.165) is 11.3 Å². The van der Waals surface area contributed by atoms with Gasteiger partial charge in [-0.25, -0.2) is 4.39 Å². The Bertz CT molecular complexity index is 572. The lowest BCUT2D eigenvalue weighted by Gasteiger charge is -2.19. The van der Waals surface area contributed by atoms with Gasteiger partial charge in [0, 0.05) is 23.5 Å². The minimum Gasteiger partial charge on any atom is -0.497 e. The molecule has 0 fully saturated rings. The van der Waals surface area contributed by atoms with Gasteiger partial charge in [-0.2, -0.15) is 0 Å². The maximum Gasteiger partial charge on any atom is 0.132 e. The van der Waals surface area contributed by atoms with E-state index < -0.39 is 0 Å². The number of methoxy groups -OCH3 is 1. The van der Waals surface area contributed by atoms with Crippen LogP contribution in [0.3, 0.4) is 0 Å². The number of pyridine rings is 1. The predicted molar refractivity (Wildman–Crippen MR) is 72.8 cm³/mol. The zero-order valence-corrected chi connectivity index (χ0v) is 11.3. The number of ether oxygens (including phenoxy) is 1. The van der Waals surface area contributed by atoms with E-state index in [4.69, 9.17) is 4.74 Å². The molecule has 1 N–H and O–H groups in total. The van der Waals surface area contributed by atoms with Gasteiger partial charge in [-0.05, 0) is 31.7 Å². The van der Waals surface area contributed by atoms with Crippen molar-refractivity contribution in [1.29, 1.82) is 0 Å². The quantitative estimate of drug-likeness (QED) is 0.918. The summed E-state index contributed by atoms with van der Waals surface area (Å²) in [4.78, 5) is 4.25. The number of benzene rings is 1. The molecular weight excluding hydrogens is 243 g/mol. The molecule has 0 aliphatic heterocycles. The summed E-state index contributed by atoms with van der Waals surface area (Å²) in [5, 5.41) is 3.13. The van der Waals surface area contributed by atoms with Gasteiger partial charge in [-0.3, -0.25) is 4.98 Å². The summed E-state index contributed by atoms with van der Waals surface area (Å²) in [6, 6.07) is 8.47. The van der Waals surface area contributed by atoms with Crippen molar-refractivity contribution in [2.24, 2.45) is 0 Å². The third kappa shape index (κ3) is 2.74. The van der Waals surface area contributed by atoms with Crippen LogP contribution >= 0.6 is 0 Å². The Morgan fingerprint density at radius 3 is 2.63 bits per heavy atom. The topological polar surface area (TPSA) is 34.1 Å². The fourth-order valence-corrected chi connectivity index (χ4v) is 2.15. The van der Waals surface area contributed by atoms with Crippen molar-refractivity contribution < 1.29 is 9.13 Å². The number of nitrogens with one attached hydrogen (secondary N) is 1. The first kappa shape index (κ1) is 13.5. The van der Waals surface area contributed by atoms with Gasteiger partial charge in [0.2, 0.25) is 0 Å². The number of rotatable bonds is 4. The number of aromatic nitrogens is 1. The fourth-order valence-electron chi connectivity index (χ4n) is 2.15. The van der Waals surface area contributed by atoms with E-state index in [1.165, 1.54) is 13.2 Å². The summed E-state index contributed by atoms with van der Waals surface area (Å²) < 4.78 is 19.2. The zero-order chi connectivity index (χ0) is 13.8. The predicted octanol–water partition coefficient (Wildman–Crippen LogP) is 2.85. The normalized spacial score (nSPS) is 12.2. The Balaban J connectivity index is 2.46. The molecule has 0 aliphatic carbocycles. The number of aryl methyl sites for hydroxylation is 1. The largest absolute Gasteiger partial charge is 0.497 e. The third-order valence-electron chi connectivity index (χ3n) is 3.17. The van der Waals surface area contributed by atoms with Crippen molar-refractivity contribution in [2.75, 3.05) is 14.2 Å². The second-order valence-corrected chi connectivity index (χ2v) is 4.29. The number of nitrogens with zero attached hydrogens (tertiary/aromatic N) is 1. The van der Waals surface area contributed by atoms with Gasteiger partial charge in [-0.1, -0.05) is 12.1 Å². The monoisotopic (exact) mass is 260 g/mol. The maximum absolute atomic E-state index is 14.2. The van der Waals surface area contributed by atoms with E-state index in [-0.39, 0.29) is 11.9 Å². The molecule has 4 heteroatoms. The van der Waals surface area contributed by atoms with Crippen LogP contribution < -0.4 is 10.1 Å². The highest BCUT2D eigenvalue weighted by Gasteiger charge is 2.18. The van der Waals surface area contributed by atoms with Gasteiger partial charge in [0.05, 0.1) is 13.2 Å². The Kier molecular flexibility index (Phi) is 4.12. The standard InChI is InChI=1S/C15H17FN2O/c1-10-12(5-4-8-18-10)15(17-2)13-7-6-11(19-3)9-14(13)16/h4-9,15,17H,1-3H3. The lowest BCUT2D eigenvalue weighted by Crippen LogP contribution is -2.20. The molecular formula is C15H17FN2O. The van der Waals surface area contributed by atoms with Crippen LogP contribution in [0.4, 0.5) is 4.39 Å². The average Bonchev–Trinajstić information content (AvgIpc) is 2.43. The molecule has 0 saturated heterocycles. The molecule has 1 atom stereocenters. The van der Waals surface area contributed by atoms with Crippen molar-refractivity contribution in [3.63, 3.8) is 0 Å². The van der Waals surface area contributed by atoms with E-state index in [9.17, 15) is 4.39 Å². The second kappa shape index (κ2) is 5.80. The summed E-state index contributed by atoms with van der Waals surface area (Å²) in [5.74, 6) is 0.223. The van der Waals surface area contributed by atoms with E-state index in [1.54, 1.807) is 25.4 Å². The van der Waals surface area contributed by atoms with Gasteiger partial charge < -0.3 is 10.1 Å². The Labute approximate surface area is 112 Å². The highest BCUT2D eigenvalue weighted by molar-refractivity contribution is 5.37. The van der Waals surface area contributed by atoms with Crippen LogP contribution in [0, 0.1) is 12.7 Å². The molecule has 100 valence electrons. The van der Waals surface area contributed by atoms with Crippen LogP contribution in [0.15, 0.2) is 36.5 Å². The average molecular weight is 260 g/mol. The van der Waals surface area contributed by atoms with Crippen molar-refractivity contribution in [2.45, 2.75) is 13.0 Å². The minimum absolute atomic E-state index is 0.223. The minimum atomic E-state index is -0.290. The molecule has 2 aromatic rings. The molecule has 0 aliphatic rings. The van der Waals surface area contributed by atoms with Crippen LogP contribution in [0.5, 0.6) is 5.75 Å². The number of hydrogen-bond donors (Lipinski definition) is 1. The first-order chi connectivity index (χ1) is 9.17. The molecule has 1 aromatic carbocycles. The SMILES string of the molecule is CNC(c1ccc(OC)cc1F)c1cccnc1C. The highest BCUT2D eigenvalue weighted by atomic mass is 19.1. The van der Waals surface area contributed by atoms with Gasteiger partial charge in [-0.15, -0.1) is 0 Å². The molecule has 1 heterocycles. The summed E-state index contributed by atoms with van der Waals surface area (Å²) in [5.41, 5.74) is 2.44. The molecule has 19 heavy (non-hydrogen) atoms. The first-order valence-corrected chi connectivity index (χ1v) is 6.09. The molecule has 3 nitrogen and oxygen atoms in total. The van der Waals surface area contributed by atoms with Crippen LogP contribution in [0.2, 0.25) is 0 Å². The first-order valence-electron chi connectivity index (χ1n) is 6.09. The van der Waals surface area contributed by atoms with E-state index >= 15 is 0 Å². The summed E-state index contributed by atoms with van der Waals surface area (Å²) in [6.07, 6.45) is 1.73. The molecule has 1 unspecified atom stereocenters. The lowest BCUT2D eigenvalue weighted by molar-refractivity contribution is 0.410. The molecule has 1 aromatic heterocycles. The maximum atomic E-state index is 14.2. The van der Waals surface area contributed by atoms with Gasteiger partial charge in [0.1, 0.15) is 11.6 Å². The summed E-state index contributed by atoms with van der Waals surface area (Å²) >= 11 is 0. The van der Waals surface area contributed by atoms with Gasteiger partial charge in [0.15, 0.2) is 0 Å². The van der Waals surface area contributed by atoms with E-state index in [1.807, 2.05) is 19.1 Å². The second-order valence-electron chi connectivity index (χ2n) is 4.29. The van der Waals surface area contributed by atoms with Crippen molar-refractivity contribution in [3.8, 4) is 5.75 Å². The highest BCUT2D eigenvalue weighted by Crippen LogP contribution is 2.27. The molecule has 0 radical (unpaired) electrons. The van der Waals surface area contributed by atoms with Crippen LogP contribution in [-0.4, -0.2) is 19.1 Å². The molecule has 2 rings (SSSR count). The number of halogens is 1. The van der Waals surface area contributed by atoms with Crippen LogP contribution in [0.25, 0.3) is 0 Å². The van der Waals surface area contributed by atoms with Crippen molar-refractivity contribution in [1.82, 2.24) is 10.3 Å². The van der Waals surface area contributed by atoms with E-state index in [2.05, 4.69) is 10.3 Å². The lowest BCUT2D eigenvalue weighted by atomic mass is 9.97. The van der Waals surface area contributed by atoms with Crippen LogP contribution in [-0.2, 0) is 0 Å². The van der Waals surface area contributed by atoms with Crippen molar-refractivity contribution in [3.05, 3.63) is 59.2 Å². The molecule has 0 amide bonds. The number of hydrogen-bond acceptors (Lipinski definition) is 3. The Morgan fingerprint density at radius 2 is 2.05 bits per heavy atom. The fraction of sp³-hybridized carbons (Fsp3) is 0.267. The zero-order valence-electron chi connectivity index (χ0n) is 11.3. The summed E-state index contributed by atoms with van der Waals surface area (Å²) in [6.45, 7) is 1.92. The Hall–Kier alpha value is -1.94. The van der Waals surface area contributed by atoms with Gasteiger partial charge >= 0.3 is 0 Å². The van der Waals surface area contributed by atoms with Crippen molar-refractivity contribution >= 4 is 0 Å². The third-order valence-corrected chi connectivity index (χ3v) is 3.17.